The first kappa shape index (κ1) is 13.7. The maximum Gasteiger partial charge on any atom is 0.255 e. The van der Waals surface area contributed by atoms with E-state index in [1.54, 1.807) is 24.4 Å². The number of carbonyl (C=O) groups excluding carboxylic acids is 1. The van der Waals surface area contributed by atoms with E-state index in [-0.39, 0.29) is 11.3 Å². The zero-order chi connectivity index (χ0) is 15.8. The molecule has 0 unspecified atom stereocenters. The molecule has 0 fully saturated rings. The van der Waals surface area contributed by atoms with E-state index in [1.165, 1.54) is 6.07 Å². The molecule has 2 aromatic carbocycles. The van der Waals surface area contributed by atoms with Gasteiger partial charge in [0.25, 0.3) is 5.91 Å². The summed E-state index contributed by atoms with van der Waals surface area (Å²) in [5, 5.41) is 6.70. The van der Waals surface area contributed by atoms with Crippen LogP contribution in [0.25, 0.3) is 10.9 Å². The molecule has 1 aromatic heterocycles. The van der Waals surface area contributed by atoms with Gasteiger partial charge in [-0.2, -0.15) is 0 Å². The highest BCUT2D eigenvalue weighted by Gasteiger charge is 2.18. The molecule has 0 saturated carbocycles. The number of hydrogen-bond donors (Lipinski definition) is 3. The van der Waals surface area contributed by atoms with E-state index >= 15 is 0 Å². The van der Waals surface area contributed by atoms with Crippen LogP contribution in [0.5, 0.6) is 0 Å². The van der Waals surface area contributed by atoms with E-state index in [2.05, 4.69) is 15.6 Å². The Balaban J connectivity index is 1.68. The monoisotopic (exact) mass is 305 g/mol. The molecule has 2 heterocycles. The number of carbonyl (C=O) groups is 1. The summed E-state index contributed by atoms with van der Waals surface area (Å²) in [6.45, 7) is 1.50. The Hall–Kier alpha value is -2.92. The second-order valence-electron chi connectivity index (χ2n) is 5.60. The van der Waals surface area contributed by atoms with Crippen LogP contribution >= 0.6 is 0 Å². The maximum atomic E-state index is 12.6. The molecule has 114 valence electrons. The Bertz CT molecular complexity index is 975. The molecule has 23 heavy (non-hydrogen) atoms. The molecule has 0 saturated heterocycles. The number of nitrogens with one attached hydrogen (secondary N) is 3. The van der Waals surface area contributed by atoms with Crippen molar-refractivity contribution >= 4 is 22.5 Å². The van der Waals surface area contributed by atoms with E-state index in [1.807, 2.05) is 18.2 Å². The number of benzene rings is 2. The van der Waals surface area contributed by atoms with Gasteiger partial charge in [-0.3, -0.25) is 9.59 Å². The van der Waals surface area contributed by atoms with Crippen molar-refractivity contribution in [3.8, 4) is 0 Å². The van der Waals surface area contributed by atoms with Crippen molar-refractivity contribution in [3.05, 3.63) is 75.6 Å². The molecule has 1 aliphatic rings. The maximum absolute atomic E-state index is 12.6. The molecule has 5 nitrogen and oxygen atoms in total. The summed E-state index contributed by atoms with van der Waals surface area (Å²) in [7, 11) is 0. The number of H-pyrrole nitrogens is 1. The minimum Gasteiger partial charge on any atom is -0.361 e. The fraction of sp³-hybridized carbons (Fsp3) is 0.111. The summed E-state index contributed by atoms with van der Waals surface area (Å²) in [6.07, 6.45) is 1.61. The van der Waals surface area contributed by atoms with Gasteiger partial charge in [-0.25, -0.2) is 0 Å². The van der Waals surface area contributed by atoms with E-state index in [4.69, 9.17) is 0 Å². The van der Waals surface area contributed by atoms with Crippen LogP contribution in [-0.4, -0.2) is 10.9 Å². The first-order valence-corrected chi connectivity index (χ1v) is 7.47. The second kappa shape index (κ2) is 5.37. The Morgan fingerprint density at radius 3 is 2.91 bits per heavy atom. The Kier molecular flexibility index (Phi) is 3.20. The Labute approximate surface area is 132 Å². The third-order valence-corrected chi connectivity index (χ3v) is 4.15. The van der Waals surface area contributed by atoms with Crippen molar-refractivity contribution in [3.63, 3.8) is 0 Å². The van der Waals surface area contributed by atoms with Crippen LogP contribution in [0.3, 0.4) is 0 Å². The summed E-state index contributed by atoms with van der Waals surface area (Å²) in [5.74, 6) is -0.155. The lowest BCUT2D eigenvalue weighted by atomic mass is 10.0. The van der Waals surface area contributed by atoms with Crippen molar-refractivity contribution in [2.45, 2.75) is 13.1 Å². The molecule has 5 heteroatoms. The van der Waals surface area contributed by atoms with Crippen molar-refractivity contribution in [2.24, 2.45) is 0 Å². The van der Waals surface area contributed by atoms with E-state index in [9.17, 15) is 9.59 Å². The molecule has 0 atom stereocenters. The van der Waals surface area contributed by atoms with Crippen molar-refractivity contribution < 1.29 is 4.79 Å². The largest absolute Gasteiger partial charge is 0.361 e. The summed E-state index contributed by atoms with van der Waals surface area (Å²) in [4.78, 5) is 27.5. The van der Waals surface area contributed by atoms with Crippen LogP contribution in [0.15, 0.2) is 53.5 Å². The minimum atomic E-state index is -0.155. The highest BCUT2D eigenvalue weighted by atomic mass is 16.1. The number of hydrogen-bond acceptors (Lipinski definition) is 3. The van der Waals surface area contributed by atoms with Crippen LogP contribution < -0.4 is 16.1 Å². The standard InChI is InChI=1S/C18H15N3O2/c22-17-6-7-20-16-5-4-12(8-14(16)17)21-18(23)13-3-1-2-11-9-19-10-15(11)13/h1-8,19H,9-10H2,(H,20,22)(H,21,23). The molecular weight excluding hydrogens is 290 g/mol. The zero-order valence-corrected chi connectivity index (χ0v) is 12.3. The van der Waals surface area contributed by atoms with Gasteiger partial charge in [0.2, 0.25) is 0 Å². The van der Waals surface area contributed by atoms with Crippen molar-refractivity contribution in [1.82, 2.24) is 10.3 Å². The normalized spacial score (nSPS) is 13.0. The molecule has 4 rings (SSSR count). The summed E-state index contributed by atoms with van der Waals surface area (Å²) < 4.78 is 0. The van der Waals surface area contributed by atoms with E-state index in [0.29, 0.717) is 23.2 Å². The first-order chi connectivity index (χ1) is 11.2. The molecule has 3 aromatic rings. The number of aromatic nitrogens is 1. The fourth-order valence-corrected chi connectivity index (χ4v) is 2.99. The van der Waals surface area contributed by atoms with E-state index < -0.39 is 0 Å². The van der Waals surface area contributed by atoms with Crippen LogP contribution in [-0.2, 0) is 13.1 Å². The van der Waals surface area contributed by atoms with Crippen LogP contribution in [0.4, 0.5) is 5.69 Å². The zero-order valence-electron chi connectivity index (χ0n) is 12.3. The van der Waals surface area contributed by atoms with Crippen molar-refractivity contribution in [2.75, 3.05) is 5.32 Å². The third-order valence-electron chi connectivity index (χ3n) is 4.15. The lowest BCUT2D eigenvalue weighted by molar-refractivity contribution is 0.102. The third kappa shape index (κ3) is 2.41. The molecule has 0 bridgehead atoms. The van der Waals surface area contributed by atoms with Crippen molar-refractivity contribution in [1.29, 1.82) is 0 Å². The number of anilines is 1. The van der Waals surface area contributed by atoms with Crippen LogP contribution in [0.2, 0.25) is 0 Å². The summed E-state index contributed by atoms with van der Waals surface area (Å²) in [5.41, 5.74) is 4.17. The lowest BCUT2D eigenvalue weighted by Crippen LogP contribution is -2.15. The molecule has 1 amide bonds. The van der Waals surface area contributed by atoms with Gasteiger partial charge in [0.05, 0.1) is 0 Å². The second-order valence-corrected chi connectivity index (χ2v) is 5.60. The Morgan fingerprint density at radius 1 is 1.09 bits per heavy atom. The minimum absolute atomic E-state index is 0.0698. The molecule has 1 aliphatic heterocycles. The topological polar surface area (TPSA) is 74.0 Å². The molecule has 0 spiro atoms. The van der Waals surface area contributed by atoms with Gasteiger partial charge in [0.1, 0.15) is 0 Å². The SMILES string of the molecule is O=C(Nc1ccc2[nH]ccc(=O)c2c1)c1cccc2c1CNC2. The van der Waals surface area contributed by atoms with Gasteiger partial charge in [-0.15, -0.1) is 0 Å². The van der Waals surface area contributed by atoms with Gasteiger partial charge in [-0.05, 0) is 35.4 Å². The van der Waals surface area contributed by atoms with E-state index in [0.717, 1.165) is 23.2 Å². The highest BCUT2D eigenvalue weighted by Crippen LogP contribution is 2.21. The smallest absolute Gasteiger partial charge is 0.255 e. The van der Waals surface area contributed by atoms with Crippen LogP contribution in [0, 0.1) is 0 Å². The quantitative estimate of drug-likeness (QED) is 0.680. The van der Waals surface area contributed by atoms with Gasteiger partial charge in [0, 0.05) is 47.5 Å². The molecular formula is C18H15N3O2. The molecule has 3 N–H and O–H groups in total. The predicted octanol–water partition coefficient (Wildman–Crippen LogP) is 2.38. The lowest BCUT2D eigenvalue weighted by Gasteiger charge is -2.09. The average Bonchev–Trinajstić information content (AvgIpc) is 3.04. The molecule has 0 radical (unpaired) electrons. The van der Waals surface area contributed by atoms with Gasteiger partial charge in [0.15, 0.2) is 5.43 Å². The summed E-state index contributed by atoms with van der Waals surface area (Å²) >= 11 is 0. The van der Waals surface area contributed by atoms with Gasteiger partial charge < -0.3 is 15.6 Å². The fourth-order valence-electron chi connectivity index (χ4n) is 2.99. The highest BCUT2D eigenvalue weighted by molar-refractivity contribution is 6.06. The van der Waals surface area contributed by atoms with Crippen LogP contribution in [0.1, 0.15) is 21.5 Å². The number of fused-ring (bicyclic) bond motifs is 2. The number of rotatable bonds is 2. The number of amides is 1. The van der Waals surface area contributed by atoms with Gasteiger partial charge in [-0.1, -0.05) is 12.1 Å². The van der Waals surface area contributed by atoms with Gasteiger partial charge >= 0.3 is 0 Å². The first-order valence-electron chi connectivity index (χ1n) is 7.47. The summed E-state index contributed by atoms with van der Waals surface area (Å²) in [6, 6.07) is 12.5. The number of pyridine rings is 1. The predicted molar refractivity (Wildman–Crippen MR) is 89.5 cm³/mol. The average molecular weight is 305 g/mol. The Morgan fingerprint density at radius 2 is 2.00 bits per heavy atom. The molecule has 0 aliphatic carbocycles. The number of aromatic amines is 1.